The average molecular weight is 336 g/mol. The fourth-order valence-electron chi connectivity index (χ4n) is 2.61. The third kappa shape index (κ3) is 3.60. The van der Waals surface area contributed by atoms with Crippen molar-refractivity contribution in [1.82, 2.24) is 9.97 Å². The zero-order valence-corrected chi connectivity index (χ0v) is 14.5. The van der Waals surface area contributed by atoms with E-state index in [2.05, 4.69) is 9.97 Å². The van der Waals surface area contributed by atoms with Gasteiger partial charge in [0.1, 0.15) is 5.75 Å². The monoisotopic (exact) mass is 336 g/mol. The number of carbonyl (C=O) groups is 2. The fourth-order valence-corrected chi connectivity index (χ4v) is 2.61. The first kappa shape index (κ1) is 16.9. The predicted molar refractivity (Wildman–Crippen MR) is 96.0 cm³/mol. The van der Waals surface area contributed by atoms with E-state index in [1.54, 1.807) is 24.4 Å². The number of aromatic amines is 1. The van der Waals surface area contributed by atoms with E-state index in [1.165, 1.54) is 12.1 Å². The molecule has 0 fully saturated rings. The topological polar surface area (TPSA) is 83.1 Å². The second kappa shape index (κ2) is 6.16. The predicted octanol–water partition coefficient (Wildman–Crippen LogP) is 3.92. The molecule has 0 atom stereocenters. The van der Waals surface area contributed by atoms with Gasteiger partial charge in [0.25, 0.3) is 0 Å². The number of carbonyl (C=O) groups excluding carboxylic acids is 2. The highest BCUT2D eigenvalue weighted by Crippen LogP contribution is 2.24. The number of aromatic hydroxyl groups is 1. The summed E-state index contributed by atoms with van der Waals surface area (Å²) in [5, 5.41) is 10.2. The Morgan fingerprint density at radius 1 is 1.12 bits per heavy atom. The van der Waals surface area contributed by atoms with Crippen LogP contribution in [0.3, 0.4) is 0 Å². The molecule has 2 N–H and O–H groups in total. The van der Waals surface area contributed by atoms with Gasteiger partial charge in [-0.15, -0.1) is 0 Å². The lowest BCUT2D eigenvalue weighted by molar-refractivity contribution is 0.0853. The van der Waals surface area contributed by atoms with Crippen LogP contribution in [0.4, 0.5) is 0 Å². The Balaban J connectivity index is 1.85. The van der Waals surface area contributed by atoms with E-state index in [4.69, 9.17) is 0 Å². The molecule has 0 bridgehead atoms. The van der Waals surface area contributed by atoms with Crippen LogP contribution < -0.4 is 0 Å². The normalized spacial score (nSPS) is 11.6. The Kier molecular flexibility index (Phi) is 4.17. The molecule has 0 aliphatic rings. The molecule has 2 aromatic heterocycles. The zero-order valence-electron chi connectivity index (χ0n) is 14.5. The summed E-state index contributed by atoms with van der Waals surface area (Å²) in [5.41, 5.74) is 2.02. The quantitative estimate of drug-likeness (QED) is 0.707. The lowest BCUT2D eigenvalue weighted by atomic mass is 9.89. The van der Waals surface area contributed by atoms with Crippen molar-refractivity contribution in [3.8, 4) is 5.75 Å². The fraction of sp³-hybridized carbons (Fsp3) is 0.250. The van der Waals surface area contributed by atoms with Crippen molar-refractivity contribution in [2.45, 2.75) is 27.2 Å². The van der Waals surface area contributed by atoms with Gasteiger partial charge in [-0.1, -0.05) is 20.8 Å². The van der Waals surface area contributed by atoms with E-state index in [-0.39, 0.29) is 23.7 Å². The minimum Gasteiger partial charge on any atom is -0.508 e. The smallest absolute Gasteiger partial charge is 0.184 e. The number of H-pyrrole nitrogens is 1. The van der Waals surface area contributed by atoms with Gasteiger partial charge in [0.2, 0.25) is 0 Å². The van der Waals surface area contributed by atoms with Crippen molar-refractivity contribution < 1.29 is 14.7 Å². The molecule has 0 unspecified atom stereocenters. The second-order valence-corrected chi connectivity index (χ2v) is 7.17. The SMILES string of the molecule is CC(C)(C)C(=O)c1cc2cc(CC(=O)c3ccc(O)cc3)ncc2[nH]1. The first-order valence-electron chi connectivity index (χ1n) is 8.09. The van der Waals surface area contributed by atoms with Crippen molar-refractivity contribution in [3.63, 3.8) is 0 Å². The molecule has 0 aliphatic carbocycles. The average Bonchev–Trinajstić information content (AvgIpc) is 2.96. The van der Waals surface area contributed by atoms with Crippen molar-refractivity contribution >= 4 is 22.5 Å². The summed E-state index contributed by atoms with van der Waals surface area (Å²) in [6.45, 7) is 5.63. The summed E-state index contributed by atoms with van der Waals surface area (Å²) < 4.78 is 0. The minimum atomic E-state index is -0.466. The first-order valence-corrected chi connectivity index (χ1v) is 8.09. The standard InChI is InChI=1S/C20H20N2O3/c1-20(2,3)19(25)16-9-13-8-14(21-11-17(13)22-16)10-18(24)12-4-6-15(23)7-5-12/h4-9,11,22-23H,10H2,1-3H3. The number of rotatable bonds is 4. The van der Waals surface area contributed by atoms with Crippen LogP contribution in [-0.4, -0.2) is 26.6 Å². The summed E-state index contributed by atoms with van der Waals surface area (Å²) >= 11 is 0. The molecule has 0 spiro atoms. The number of nitrogens with zero attached hydrogens (tertiary/aromatic N) is 1. The maximum absolute atomic E-state index is 12.4. The third-order valence-corrected chi connectivity index (χ3v) is 4.02. The molecule has 3 aromatic rings. The van der Waals surface area contributed by atoms with Gasteiger partial charge in [-0.25, -0.2) is 0 Å². The first-order chi connectivity index (χ1) is 11.7. The molecule has 0 saturated heterocycles. The lowest BCUT2D eigenvalue weighted by Gasteiger charge is -2.14. The molecule has 3 rings (SSSR count). The van der Waals surface area contributed by atoms with Gasteiger partial charge in [-0.2, -0.15) is 0 Å². The van der Waals surface area contributed by atoms with Crippen LogP contribution in [0.5, 0.6) is 5.75 Å². The number of hydrogen-bond acceptors (Lipinski definition) is 4. The molecule has 2 heterocycles. The number of benzene rings is 1. The van der Waals surface area contributed by atoms with Crippen LogP contribution in [0.1, 0.15) is 47.3 Å². The molecule has 0 radical (unpaired) electrons. The maximum Gasteiger partial charge on any atom is 0.184 e. The molecular weight excluding hydrogens is 316 g/mol. The van der Waals surface area contributed by atoms with Gasteiger partial charge < -0.3 is 10.1 Å². The summed E-state index contributed by atoms with van der Waals surface area (Å²) in [4.78, 5) is 32.1. The summed E-state index contributed by atoms with van der Waals surface area (Å²) in [7, 11) is 0. The van der Waals surface area contributed by atoms with Crippen LogP contribution in [0, 0.1) is 5.41 Å². The second-order valence-electron chi connectivity index (χ2n) is 7.17. The third-order valence-electron chi connectivity index (χ3n) is 4.02. The summed E-state index contributed by atoms with van der Waals surface area (Å²) in [5.74, 6) is 0.0817. The molecule has 25 heavy (non-hydrogen) atoms. The molecule has 5 nitrogen and oxygen atoms in total. The van der Waals surface area contributed by atoms with Crippen LogP contribution in [-0.2, 0) is 6.42 Å². The van der Waals surface area contributed by atoms with E-state index in [9.17, 15) is 14.7 Å². The number of fused-ring (bicyclic) bond motifs is 1. The van der Waals surface area contributed by atoms with E-state index < -0.39 is 5.41 Å². The van der Waals surface area contributed by atoms with Gasteiger partial charge in [-0.05, 0) is 36.4 Å². The molecule has 1 aromatic carbocycles. The summed E-state index contributed by atoms with van der Waals surface area (Å²) in [6, 6.07) is 9.78. The summed E-state index contributed by atoms with van der Waals surface area (Å²) in [6.07, 6.45) is 1.81. The van der Waals surface area contributed by atoms with Crippen molar-refractivity contribution in [3.05, 3.63) is 59.5 Å². The zero-order chi connectivity index (χ0) is 18.2. The number of hydrogen-bond donors (Lipinski definition) is 2. The number of pyridine rings is 1. The minimum absolute atomic E-state index is 0.0328. The molecule has 128 valence electrons. The lowest BCUT2D eigenvalue weighted by Crippen LogP contribution is -2.20. The molecule has 0 aliphatic heterocycles. The van der Waals surface area contributed by atoms with Crippen LogP contribution in [0.2, 0.25) is 0 Å². The Hall–Kier alpha value is -2.95. The Labute approximate surface area is 145 Å². The molecule has 5 heteroatoms. The van der Waals surface area contributed by atoms with Crippen LogP contribution in [0.25, 0.3) is 10.9 Å². The van der Waals surface area contributed by atoms with Crippen molar-refractivity contribution in [2.75, 3.05) is 0 Å². The largest absolute Gasteiger partial charge is 0.508 e. The highest BCUT2D eigenvalue weighted by Gasteiger charge is 2.24. The van der Waals surface area contributed by atoms with Gasteiger partial charge in [0.05, 0.1) is 23.8 Å². The number of nitrogens with one attached hydrogen (secondary N) is 1. The van der Waals surface area contributed by atoms with E-state index in [0.717, 1.165) is 10.9 Å². The molecule has 0 saturated carbocycles. The maximum atomic E-state index is 12.4. The van der Waals surface area contributed by atoms with Crippen LogP contribution in [0.15, 0.2) is 42.6 Å². The van der Waals surface area contributed by atoms with Crippen molar-refractivity contribution in [1.29, 1.82) is 0 Å². The van der Waals surface area contributed by atoms with Gasteiger partial charge >= 0.3 is 0 Å². The highest BCUT2D eigenvalue weighted by molar-refractivity contribution is 6.02. The Bertz CT molecular complexity index is 947. The number of Topliss-reactive ketones (excluding diaryl/α,β-unsaturated/α-hetero) is 2. The Morgan fingerprint density at radius 2 is 1.80 bits per heavy atom. The number of aromatic nitrogens is 2. The number of phenolic OH excluding ortho intramolecular Hbond substituents is 1. The van der Waals surface area contributed by atoms with E-state index >= 15 is 0 Å². The van der Waals surface area contributed by atoms with Crippen LogP contribution >= 0.6 is 0 Å². The molecular formula is C20H20N2O3. The highest BCUT2D eigenvalue weighted by atomic mass is 16.3. The van der Waals surface area contributed by atoms with E-state index in [0.29, 0.717) is 17.0 Å². The van der Waals surface area contributed by atoms with Gasteiger partial charge in [0.15, 0.2) is 11.6 Å². The number of ketones is 2. The van der Waals surface area contributed by atoms with Crippen molar-refractivity contribution in [2.24, 2.45) is 5.41 Å². The number of phenols is 1. The molecule has 0 amide bonds. The van der Waals surface area contributed by atoms with Gasteiger partial charge in [-0.3, -0.25) is 14.6 Å². The van der Waals surface area contributed by atoms with E-state index in [1.807, 2.05) is 26.8 Å². The Morgan fingerprint density at radius 3 is 2.44 bits per heavy atom. The van der Waals surface area contributed by atoms with Gasteiger partial charge in [0, 0.05) is 22.1 Å².